The van der Waals surface area contributed by atoms with Crippen molar-refractivity contribution < 1.29 is 0 Å². The summed E-state index contributed by atoms with van der Waals surface area (Å²) in [6.45, 7) is 10.1. The maximum absolute atomic E-state index is 5.45. The second-order valence-electron chi connectivity index (χ2n) is 5.29. The molecule has 0 aliphatic carbocycles. The first kappa shape index (κ1) is 14.9. The molecule has 0 spiro atoms. The number of hydrogen-bond donors (Lipinski definition) is 2. The van der Waals surface area contributed by atoms with Gasteiger partial charge in [-0.25, -0.2) is 0 Å². The van der Waals surface area contributed by atoms with Crippen LogP contribution in [-0.4, -0.2) is 19.6 Å². The van der Waals surface area contributed by atoms with E-state index in [0.717, 1.165) is 26.1 Å². The molecule has 0 rings (SSSR count). The molecule has 0 aromatic rings. The number of nitrogens with two attached hydrogens (primary N) is 1. The standard InChI is InChI=1S/C13H30N2/c1-4-5-6-9-13(2,3)12-15-11-8-7-10-14/h15H,4-12,14H2,1-3H3. The van der Waals surface area contributed by atoms with Crippen LogP contribution in [0.5, 0.6) is 0 Å². The van der Waals surface area contributed by atoms with Crippen molar-refractivity contribution in [1.29, 1.82) is 0 Å². The van der Waals surface area contributed by atoms with Gasteiger partial charge in [0, 0.05) is 6.54 Å². The van der Waals surface area contributed by atoms with Crippen molar-refractivity contribution in [2.24, 2.45) is 11.1 Å². The normalized spacial score (nSPS) is 12.0. The van der Waals surface area contributed by atoms with Crippen LogP contribution in [0.3, 0.4) is 0 Å². The largest absolute Gasteiger partial charge is 0.330 e. The molecule has 0 heterocycles. The SMILES string of the molecule is CCCCCC(C)(C)CNCCCCN. The first-order valence-electron chi connectivity index (χ1n) is 6.53. The highest BCUT2D eigenvalue weighted by molar-refractivity contribution is 4.71. The Hall–Kier alpha value is -0.0800. The van der Waals surface area contributed by atoms with Crippen LogP contribution in [0.15, 0.2) is 0 Å². The number of unbranched alkanes of at least 4 members (excludes halogenated alkanes) is 3. The lowest BCUT2D eigenvalue weighted by Crippen LogP contribution is -2.30. The molecule has 3 N–H and O–H groups in total. The van der Waals surface area contributed by atoms with E-state index in [-0.39, 0.29) is 0 Å². The first-order chi connectivity index (χ1) is 7.12. The monoisotopic (exact) mass is 214 g/mol. The van der Waals surface area contributed by atoms with Crippen molar-refractivity contribution >= 4 is 0 Å². The summed E-state index contributed by atoms with van der Waals surface area (Å²) in [4.78, 5) is 0. The fourth-order valence-corrected chi connectivity index (χ4v) is 1.76. The Morgan fingerprint density at radius 1 is 1.07 bits per heavy atom. The van der Waals surface area contributed by atoms with Gasteiger partial charge in [-0.2, -0.15) is 0 Å². The van der Waals surface area contributed by atoms with Crippen LogP contribution in [0.1, 0.15) is 59.3 Å². The van der Waals surface area contributed by atoms with Gasteiger partial charge < -0.3 is 11.1 Å². The van der Waals surface area contributed by atoms with Gasteiger partial charge in [-0.1, -0.05) is 40.0 Å². The van der Waals surface area contributed by atoms with E-state index in [4.69, 9.17) is 5.73 Å². The predicted molar refractivity (Wildman–Crippen MR) is 69.1 cm³/mol. The second kappa shape index (κ2) is 9.17. The van der Waals surface area contributed by atoms with E-state index in [1.54, 1.807) is 0 Å². The molecule has 0 aliphatic heterocycles. The molecule has 0 atom stereocenters. The fraction of sp³-hybridized carbons (Fsp3) is 1.00. The molecular formula is C13H30N2. The van der Waals surface area contributed by atoms with Gasteiger partial charge >= 0.3 is 0 Å². The zero-order chi connectivity index (χ0) is 11.6. The van der Waals surface area contributed by atoms with E-state index in [2.05, 4.69) is 26.1 Å². The average molecular weight is 214 g/mol. The van der Waals surface area contributed by atoms with Gasteiger partial charge in [-0.3, -0.25) is 0 Å². The van der Waals surface area contributed by atoms with Crippen molar-refractivity contribution in [3.8, 4) is 0 Å². The highest BCUT2D eigenvalue weighted by Gasteiger charge is 2.15. The lowest BCUT2D eigenvalue weighted by atomic mass is 9.87. The van der Waals surface area contributed by atoms with Crippen LogP contribution in [0.25, 0.3) is 0 Å². The van der Waals surface area contributed by atoms with E-state index >= 15 is 0 Å². The topological polar surface area (TPSA) is 38.0 Å². The Morgan fingerprint density at radius 2 is 1.80 bits per heavy atom. The average Bonchev–Trinajstić information content (AvgIpc) is 2.17. The van der Waals surface area contributed by atoms with Crippen LogP contribution in [0.2, 0.25) is 0 Å². The molecule has 0 radical (unpaired) electrons. The summed E-state index contributed by atoms with van der Waals surface area (Å²) < 4.78 is 0. The van der Waals surface area contributed by atoms with Crippen molar-refractivity contribution in [3.63, 3.8) is 0 Å². The van der Waals surface area contributed by atoms with Crippen molar-refractivity contribution in [2.75, 3.05) is 19.6 Å². The highest BCUT2D eigenvalue weighted by Crippen LogP contribution is 2.22. The molecule has 0 aromatic carbocycles. The van der Waals surface area contributed by atoms with Gasteiger partial charge in [0.15, 0.2) is 0 Å². The minimum Gasteiger partial charge on any atom is -0.330 e. The number of nitrogens with one attached hydrogen (secondary N) is 1. The Labute approximate surface area is 96.0 Å². The molecular weight excluding hydrogens is 184 g/mol. The van der Waals surface area contributed by atoms with Crippen molar-refractivity contribution in [3.05, 3.63) is 0 Å². The third-order valence-electron chi connectivity index (χ3n) is 2.87. The minimum absolute atomic E-state index is 0.456. The molecule has 92 valence electrons. The Kier molecular flexibility index (Phi) is 9.12. The lowest BCUT2D eigenvalue weighted by Gasteiger charge is -2.25. The van der Waals surface area contributed by atoms with E-state index in [0.29, 0.717) is 5.41 Å². The van der Waals surface area contributed by atoms with Crippen molar-refractivity contribution in [1.82, 2.24) is 5.32 Å². The summed E-state index contributed by atoms with van der Waals surface area (Å²) in [6.07, 6.45) is 7.75. The Balaban J connectivity index is 3.38. The first-order valence-corrected chi connectivity index (χ1v) is 6.53. The summed E-state index contributed by atoms with van der Waals surface area (Å²) in [6, 6.07) is 0. The van der Waals surface area contributed by atoms with Gasteiger partial charge in [0.1, 0.15) is 0 Å². The summed E-state index contributed by atoms with van der Waals surface area (Å²) in [7, 11) is 0. The number of hydrogen-bond acceptors (Lipinski definition) is 2. The smallest absolute Gasteiger partial charge is 0.000252 e. The van der Waals surface area contributed by atoms with Gasteiger partial charge in [-0.05, 0) is 37.8 Å². The zero-order valence-electron chi connectivity index (χ0n) is 10.9. The summed E-state index contributed by atoms with van der Waals surface area (Å²) in [5, 5.41) is 3.53. The molecule has 0 amide bonds. The summed E-state index contributed by atoms with van der Waals surface area (Å²) in [5.74, 6) is 0. The summed E-state index contributed by atoms with van der Waals surface area (Å²) in [5.41, 5.74) is 5.91. The van der Waals surface area contributed by atoms with E-state index in [1.165, 1.54) is 32.1 Å². The second-order valence-corrected chi connectivity index (χ2v) is 5.29. The van der Waals surface area contributed by atoms with E-state index < -0.39 is 0 Å². The van der Waals surface area contributed by atoms with Crippen LogP contribution in [0.4, 0.5) is 0 Å². The Morgan fingerprint density at radius 3 is 2.40 bits per heavy atom. The third-order valence-corrected chi connectivity index (χ3v) is 2.87. The van der Waals surface area contributed by atoms with Gasteiger partial charge in [-0.15, -0.1) is 0 Å². The molecule has 0 saturated carbocycles. The van der Waals surface area contributed by atoms with Crippen LogP contribution >= 0.6 is 0 Å². The minimum atomic E-state index is 0.456. The van der Waals surface area contributed by atoms with Gasteiger partial charge in [0.25, 0.3) is 0 Å². The molecule has 0 fully saturated rings. The summed E-state index contributed by atoms with van der Waals surface area (Å²) >= 11 is 0. The van der Waals surface area contributed by atoms with Crippen LogP contribution in [-0.2, 0) is 0 Å². The predicted octanol–water partition coefficient (Wildman–Crippen LogP) is 2.92. The third kappa shape index (κ3) is 10.2. The molecule has 0 saturated heterocycles. The van der Waals surface area contributed by atoms with Crippen LogP contribution in [0, 0.1) is 5.41 Å². The van der Waals surface area contributed by atoms with E-state index in [9.17, 15) is 0 Å². The fourth-order valence-electron chi connectivity index (χ4n) is 1.76. The number of rotatable bonds is 10. The molecule has 0 unspecified atom stereocenters. The van der Waals surface area contributed by atoms with Crippen molar-refractivity contribution in [2.45, 2.75) is 59.3 Å². The molecule has 15 heavy (non-hydrogen) atoms. The van der Waals surface area contributed by atoms with E-state index in [1.807, 2.05) is 0 Å². The highest BCUT2D eigenvalue weighted by atomic mass is 14.9. The molecule has 0 bridgehead atoms. The quantitative estimate of drug-likeness (QED) is 0.549. The molecule has 2 heteroatoms. The molecule has 0 aliphatic rings. The Bertz CT molecular complexity index is 132. The maximum Gasteiger partial charge on any atom is 0.000252 e. The van der Waals surface area contributed by atoms with Crippen LogP contribution < -0.4 is 11.1 Å². The zero-order valence-corrected chi connectivity index (χ0v) is 10.9. The van der Waals surface area contributed by atoms with Gasteiger partial charge in [0.05, 0.1) is 0 Å². The maximum atomic E-state index is 5.45. The molecule has 0 aromatic heterocycles. The van der Waals surface area contributed by atoms with Gasteiger partial charge in [0.2, 0.25) is 0 Å². The lowest BCUT2D eigenvalue weighted by molar-refractivity contribution is 0.302. The molecule has 2 nitrogen and oxygen atoms in total.